The normalized spacial score (nSPS) is 10.5. The van der Waals surface area contributed by atoms with E-state index in [2.05, 4.69) is 70.4 Å². The highest BCUT2D eigenvalue weighted by Gasteiger charge is 2.00. The first kappa shape index (κ1) is 14.1. The Kier molecular flexibility index (Phi) is 4.97. The molecule has 3 heteroatoms. The number of hydrogen-bond donors (Lipinski definition) is 1. The average Bonchev–Trinajstić information content (AvgIpc) is 2.40. The molecule has 0 spiro atoms. The van der Waals surface area contributed by atoms with Gasteiger partial charge in [-0.1, -0.05) is 37.6 Å². The first-order chi connectivity index (χ1) is 9.19. The Bertz CT molecular complexity index is 535. The number of hydrogen-bond acceptors (Lipinski definition) is 2. The van der Waals surface area contributed by atoms with Gasteiger partial charge in [-0.05, 0) is 52.0 Å². The van der Waals surface area contributed by atoms with Crippen molar-refractivity contribution in [3.8, 4) is 0 Å². The Labute approximate surface area is 123 Å². The van der Waals surface area contributed by atoms with E-state index in [1.165, 1.54) is 17.5 Å². The molecule has 0 unspecified atom stereocenters. The smallest absolute Gasteiger partial charge is 0.129 e. The number of rotatable bonds is 5. The number of aryl methyl sites for hydroxylation is 2. The van der Waals surface area contributed by atoms with Crippen molar-refractivity contribution in [1.82, 2.24) is 4.98 Å². The van der Waals surface area contributed by atoms with Gasteiger partial charge in [0, 0.05) is 17.2 Å². The maximum atomic E-state index is 4.38. The van der Waals surface area contributed by atoms with Crippen molar-refractivity contribution in [3.63, 3.8) is 0 Å². The lowest BCUT2D eigenvalue weighted by molar-refractivity contribution is 0.920. The summed E-state index contributed by atoms with van der Waals surface area (Å²) in [6.07, 6.45) is 4.17. The van der Waals surface area contributed by atoms with E-state index in [1.807, 2.05) is 6.20 Å². The lowest BCUT2D eigenvalue weighted by atomic mass is 10.1. The average molecular weight is 319 g/mol. The number of pyridine rings is 1. The molecule has 0 saturated heterocycles. The maximum Gasteiger partial charge on any atom is 0.129 e. The van der Waals surface area contributed by atoms with Crippen molar-refractivity contribution in [1.29, 1.82) is 0 Å². The zero-order chi connectivity index (χ0) is 13.7. The number of aromatic nitrogens is 1. The van der Waals surface area contributed by atoms with Crippen LogP contribution in [0.5, 0.6) is 0 Å². The van der Waals surface area contributed by atoms with Crippen LogP contribution in [0.3, 0.4) is 0 Å². The lowest BCUT2D eigenvalue weighted by Crippen LogP contribution is -2.03. The summed E-state index contributed by atoms with van der Waals surface area (Å²) in [6.45, 7) is 5.07. The van der Waals surface area contributed by atoms with Crippen molar-refractivity contribution in [2.75, 3.05) is 5.32 Å². The molecule has 0 aliphatic carbocycles. The summed E-state index contributed by atoms with van der Waals surface area (Å²) in [5.41, 5.74) is 3.84. The number of halogens is 1. The van der Waals surface area contributed by atoms with Crippen LogP contribution in [0.2, 0.25) is 0 Å². The molecule has 0 aliphatic heterocycles. The van der Waals surface area contributed by atoms with Gasteiger partial charge in [0.2, 0.25) is 0 Å². The Morgan fingerprint density at radius 3 is 2.47 bits per heavy atom. The van der Waals surface area contributed by atoms with Gasteiger partial charge in [-0.2, -0.15) is 0 Å². The third-order valence-electron chi connectivity index (χ3n) is 3.07. The SMILES string of the molecule is CCCc1ccc(CNc2ncc(Br)cc2C)cc1. The minimum absolute atomic E-state index is 0.807. The Morgan fingerprint density at radius 2 is 1.84 bits per heavy atom. The van der Waals surface area contributed by atoms with Gasteiger partial charge in [0.25, 0.3) is 0 Å². The predicted octanol–water partition coefficient (Wildman–Crippen LogP) is 4.72. The molecule has 0 aliphatic rings. The Morgan fingerprint density at radius 1 is 1.16 bits per heavy atom. The van der Waals surface area contributed by atoms with Crippen LogP contribution in [-0.4, -0.2) is 4.98 Å². The minimum atomic E-state index is 0.807. The molecule has 1 aromatic heterocycles. The Hall–Kier alpha value is -1.35. The van der Waals surface area contributed by atoms with Crippen molar-refractivity contribution < 1.29 is 0 Å². The third-order valence-corrected chi connectivity index (χ3v) is 3.50. The summed E-state index contributed by atoms with van der Waals surface area (Å²) in [6, 6.07) is 10.9. The van der Waals surface area contributed by atoms with Crippen molar-refractivity contribution in [2.45, 2.75) is 33.2 Å². The second-order valence-corrected chi connectivity index (χ2v) is 5.65. The molecule has 0 amide bonds. The van der Waals surface area contributed by atoms with E-state index in [9.17, 15) is 0 Å². The highest BCUT2D eigenvalue weighted by Crippen LogP contribution is 2.17. The molecule has 2 aromatic rings. The summed E-state index contributed by atoms with van der Waals surface area (Å²) >= 11 is 3.42. The van der Waals surface area contributed by atoms with Gasteiger partial charge in [0.05, 0.1) is 0 Å². The van der Waals surface area contributed by atoms with E-state index in [0.29, 0.717) is 0 Å². The molecule has 2 nitrogen and oxygen atoms in total. The van der Waals surface area contributed by atoms with Gasteiger partial charge >= 0.3 is 0 Å². The van der Waals surface area contributed by atoms with E-state index in [4.69, 9.17) is 0 Å². The van der Waals surface area contributed by atoms with Gasteiger partial charge in [-0.3, -0.25) is 0 Å². The summed E-state index contributed by atoms with van der Waals surface area (Å²) in [7, 11) is 0. The third kappa shape index (κ3) is 4.06. The number of anilines is 1. The second-order valence-electron chi connectivity index (χ2n) is 4.74. The predicted molar refractivity (Wildman–Crippen MR) is 84.4 cm³/mol. The summed E-state index contributed by atoms with van der Waals surface area (Å²) < 4.78 is 1.01. The van der Waals surface area contributed by atoms with E-state index >= 15 is 0 Å². The number of nitrogens with zero attached hydrogens (tertiary/aromatic N) is 1. The van der Waals surface area contributed by atoms with Crippen LogP contribution in [0.15, 0.2) is 41.0 Å². The molecule has 100 valence electrons. The van der Waals surface area contributed by atoms with Crippen molar-refractivity contribution in [3.05, 3.63) is 57.7 Å². The van der Waals surface area contributed by atoms with Crippen LogP contribution in [-0.2, 0) is 13.0 Å². The monoisotopic (exact) mass is 318 g/mol. The zero-order valence-corrected chi connectivity index (χ0v) is 13.0. The molecule has 1 N–H and O–H groups in total. The molecule has 0 bridgehead atoms. The maximum absolute atomic E-state index is 4.38. The van der Waals surface area contributed by atoms with E-state index in [-0.39, 0.29) is 0 Å². The van der Waals surface area contributed by atoms with Crippen LogP contribution >= 0.6 is 15.9 Å². The van der Waals surface area contributed by atoms with E-state index in [0.717, 1.165) is 28.8 Å². The number of nitrogens with one attached hydrogen (secondary N) is 1. The van der Waals surface area contributed by atoms with Gasteiger partial charge in [-0.25, -0.2) is 4.98 Å². The van der Waals surface area contributed by atoms with Gasteiger partial charge < -0.3 is 5.32 Å². The molecule has 0 saturated carbocycles. The molecule has 0 fully saturated rings. The summed E-state index contributed by atoms with van der Waals surface area (Å²) in [5.74, 6) is 0.945. The fraction of sp³-hybridized carbons (Fsp3) is 0.312. The topological polar surface area (TPSA) is 24.9 Å². The highest BCUT2D eigenvalue weighted by molar-refractivity contribution is 9.10. The van der Waals surface area contributed by atoms with Crippen LogP contribution in [0.1, 0.15) is 30.0 Å². The zero-order valence-electron chi connectivity index (χ0n) is 11.4. The first-order valence-electron chi connectivity index (χ1n) is 6.63. The van der Waals surface area contributed by atoms with E-state index < -0.39 is 0 Å². The number of benzene rings is 1. The standard InChI is InChI=1S/C16H19BrN2/c1-3-4-13-5-7-14(8-6-13)10-18-16-12(2)9-15(17)11-19-16/h5-9,11H,3-4,10H2,1-2H3,(H,18,19). The fourth-order valence-corrected chi connectivity index (χ4v) is 2.47. The fourth-order valence-electron chi connectivity index (χ4n) is 2.02. The first-order valence-corrected chi connectivity index (χ1v) is 7.42. The van der Waals surface area contributed by atoms with Crippen LogP contribution in [0.4, 0.5) is 5.82 Å². The molecule has 0 radical (unpaired) electrons. The van der Waals surface area contributed by atoms with Crippen LogP contribution in [0.25, 0.3) is 0 Å². The van der Waals surface area contributed by atoms with Crippen molar-refractivity contribution in [2.24, 2.45) is 0 Å². The van der Waals surface area contributed by atoms with Gasteiger partial charge in [-0.15, -0.1) is 0 Å². The molecule has 1 heterocycles. The highest BCUT2D eigenvalue weighted by atomic mass is 79.9. The molecule has 2 rings (SSSR count). The molecule has 1 aromatic carbocycles. The Balaban J connectivity index is 1.98. The minimum Gasteiger partial charge on any atom is -0.366 e. The molecular formula is C16H19BrN2. The largest absolute Gasteiger partial charge is 0.366 e. The molecular weight excluding hydrogens is 300 g/mol. The van der Waals surface area contributed by atoms with Gasteiger partial charge in [0.1, 0.15) is 5.82 Å². The summed E-state index contributed by atoms with van der Waals surface area (Å²) in [5, 5.41) is 3.38. The van der Waals surface area contributed by atoms with Crippen LogP contribution in [0, 0.1) is 6.92 Å². The molecule has 19 heavy (non-hydrogen) atoms. The van der Waals surface area contributed by atoms with E-state index in [1.54, 1.807) is 0 Å². The second kappa shape index (κ2) is 6.71. The summed E-state index contributed by atoms with van der Waals surface area (Å²) in [4.78, 5) is 4.38. The molecule has 0 atom stereocenters. The lowest BCUT2D eigenvalue weighted by Gasteiger charge is -2.09. The van der Waals surface area contributed by atoms with Gasteiger partial charge in [0.15, 0.2) is 0 Å². The van der Waals surface area contributed by atoms with Crippen molar-refractivity contribution >= 4 is 21.7 Å². The van der Waals surface area contributed by atoms with Crippen LogP contribution < -0.4 is 5.32 Å². The quantitative estimate of drug-likeness (QED) is 0.863.